The number of nitrogens with two attached hydrogens (primary N) is 1. The summed E-state index contributed by atoms with van der Waals surface area (Å²) in [5.41, 5.74) is 8.67. The molecule has 0 aliphatic carbocycles. The average molecular weight is 338 g/mol. The molecule has 0 spiro atoms. The Kier molecular flexibility index (Phi) is 5.33. The van der Waals surface area contributed by atoms with Gasteiger partial charge in [-0.3, -0.25) is 4.79 Å². The van der Waals surface area contributed by atoms with Gasteiger partial charge in [0.05, 0.1) is 12.8 Å². The van der Waals surface area contributed by atoms with E-state index in [1.54, 1.807) is 12.1 Å². The number of ether oxygens (including phenoxy) is 1. The van der Waals surface area contributed by atoms with Gasteiger partial charge in [0.25, 0.3) is 0 Å². The van der Waals surface area contributed by atoms with Crippen LogP contribution in [-0.4, -0.2) is 25.7 Å². The zero-order valence-electron chi connectivity index (χ0n) is 13.0. The van der Waals surface area contributed by atoms with E-state index >= 15 is 0 Å². The maximum Gasteiger partial charge on any atom is 0.471 e. The van der Waals surface area contributed by atoms with Crippen molar-refractivity contribution in [1.29, 1.82) is 0 Å². The molecule has 0 aliphatic rings. The number of alkyl halides is 3. The van der Waals surface area contributed by atoms with E-state index in [1.807, 2.05) is 35.6 Å². The Morgan fingerprint density at radius 3 is 2.46 bits per heavy atom. The molecule has 0 unspecified atom stereocenters. The fourth-order valence-electron chi connectivity index (χ4n) is 2.32. The lowest BCUT2D eigenvalue weighted by molar-refractivity contribution is -0.173. The molecule has 0 saturated carbocycles. The van der Waals surface area contributed by atoms with Crippen LogP contribution in [0.3, 0.4) is 0 Å². The first kappa shape index (κ1) is 17.7. The fraction of sp³-hybridized carbons (Fsp3) is 0.235. The van der Waals surface area contributed by atoms with Crippen molar-refractivity contribution in [1.82, 2.24) is 5.32 Å². The molecule has 128 valence electrons. The van der Waals surface area contributed by atoms with Gasteiger partial charge in [-0.25, -0.2) is 0 Å². The summed E-state index contributed by atoms with van der Waals surface area (Å²) in [6.45, 7) is -0.149. The molecule has 3 N–H and O–H groups in total. The summed E-state index contributed by atoms with van der Waals surface area (Å²) in [7, 11) is 1.49. The number of rotatable bonds is 5. The number of carbonyl (C=O) groups excluding carboxylic acids is 1. The largest absolute Gasteiger partial charge is 0.495 e. The number of methoxy groups -OCH3 is 1. The lowest BCUT2D eigenvalue weighted by atomic mass is 9.96. The number of anilines is 1. The van der Waals surface area contributed by atoms with Gasteiger partial charge in [0.15, 0.2) is 0 Å². The lowest BCUT2D eigenvalue weighted by Gasteiger charge is -2.15. The first-order chi connectivity index (χ1) is 11.3. The quantitative estimate of drug-likeness (QED) is 0.823. The molecule has 0 aromatic heterocycles. The highest BCUT2D eigenvalue weighted by Crippen LogP contribution is 2.33. The van der Waals surface area contributed by atoms with E-state index in [4.69, 9.17) is 10.5 Å². The lowest BCUT2D eigenvalue weighted by Crippen LogP contribution is -2.37. The van der Waals surface area contributed by atoms with E-state index < -0.39 is 12.1 Å². The standard InChI is InChI=1S/C17H17F3N2O2/c1-24-15-10-13(11-5-3-2-4-6-11)12(9-14(15)21)7-8-22-16(23)17(18,19)20/h2-6,9-10H,7-8,21H2,1H3,(H,22,23). The molecule has 0 aliphatic heterocycles. The van der Waals surface area contributed by atoms with Crippen molar-refractivity contribution >= 4 is 11.6 Å². The highest BCUT2D eigenvalue weighted by atomic mass is 19.4. The van der Waals surface area contributed by atoms with Gasteiger partial charge < -0.3 is 15.8 Å². The molecule has 0 bridgehead atoms. The van der Waals surface area contributed by atoms with E-state index in [1.165, 1.54) is 7.11 Å². The first-order valence-electron chi connectivity index (χ1n) is 7.19. The highest BCUT2D eigenvalue weighted by Gasteiger charge is 2.38. The second-order valence-corrected chi connectivity index (χ2v) is 5.12. The van der Waals surface area contributed by atoms with Crippen LogP contribution in [0.5, 0.6) is 5.75 Å². The number of hydrogen-bond donors (Lipinski definition) is 2. The monoisotopic (exact) mass is 338 g/mol. The predicted molar refractivity (Wildman–Crippen MR) is 85.6 cm³/mol. The Balaban J connectivity index is 2.25. The molecule has 2 aromatic rings. The molecular formula is C17H17F3N2O2. The molecule has 0 atom stereocenters. The minimum atomic E-state index is -4.89. The van der Waals surface area contributed by atoms with Gasteiger partial charge in [0.2, 0.25) is 0 Å². The molecule has 2 rings (SSSR count). The molecule has 0 fully saturated rings. The fourth-order valence-corrected chi connectivity index (χ4v) is 2.32. The minimum absolute atomic E-state index is 0.149. The van der Waals surface area contributed by atoms with Crippen molar-refractivity contribution in [2.75, 3.05) is 19.4 Å². The van der Waals surface area contributed by atoms with Crippen LogP contribution in [0.4, 0.5) is 18.9 Å². The second-order valence-electron chi connectivity index (χ2n) is 5.12. The zero-order valence-corrected chi connectivity index (χ0v) is 13.0. The minimum Gasteiger partial charge on any atom is -0.495 e. The Hall–Kier alpha value is -2.70. The summed E-state index contributed by atoms with van der Waals surface area (Å²) in [5, 5.41) is 1.86. The van der Waals surface area contributed by atoms with Crippen molar-refractivity contribution in [3.05, 3.63) is 48.0 Å². The summed E-state index contributed by atoms with van der Waals surface area (Å²) in [4.78, 5) is 10.9. The molecule has 4 nitrogen and oxygen atoms in total. The third-order valence-electron chi connectivity index (χ3n) is 3.48. The topological polar surface area (TPSA) is 64.3 Å². The van der Waals surface area contributed by atoms with Crippen LogP contribution in [0.25, 0.3) is 11.1 Å². The Bertz CT molecular complexity index is 716. The number of benzene rings is 2. The molecular weight excluding hydrogens is 321 g/mol. The third-order valence-corrected chi connectivity index (χ3v) is 3.48. The predicted octanol–water partition coefficient (Wildman–Crippen LogP) is 3.17. The van der Waals surface area contributed by atoms with E-state index in [-0.39, 0.29) is 13.0 Å². The molecule has 7 heteroatoms. The van der Waals surface area contributed by atoms with E-state index in [9.17, 15) is 18.0 Å². The van der Waals surface area contributed by atoms with Gasteiger partial charge in [0.1, 0.15) is 5.75 Å². The summed E-state index contributed by atoms with van der Waals surface area (Å²) in [6.07, 6.45) is -4.68. The molecule has 24 heavy (non-hydrogen) atoms. The van der Waals surface area contributed by atoms with Crippen LogP contribution >= 0.6 is 0 Å². The summed E-state index contributed by atoms with van der Waals surface area (Å²) in [6, 6.07) is 12.7. The van der Waals surface area contributed by atoms with Gasteiger partial charge in [-0.15, -0.1) is 0 Å². The number of nitrogen functional groups attached to an aromatic ring is 1. The average Bonchev–Trinajstić information content (AvgIpc) is 2.55. The van der Waals surface area contributed by atoms with Crippen LogP contribution in [0, 0.1) is 0 Å². The Morgan fingerprint density at radius 1 is 1.21 bits per heavy atom. The molecule has 0 heterocycles. The first-order valence-corrected chi connectivity index (χ1v) is 7.19. The normalized spacial score (nSPS) is 11.2. The SMILES string of the molecule is COc1cc(-c2ccccc2)c(CCNC(=O)C(F)(F)F)cc1N. The van der Waals surface area contributed by atoms with Gasteiger partial charge >= 0.3 is 12.1 Å². The summed E-state index contributed by atoms with van der Waals surface area (Å²) >= 11 is 0. The summed E-state index contributed by atoms with van der Waals surface area (Å²) < 4.78 is 41.9. The number of halogens is 3. The molecule has 2 aromatic carbocycles. The molecule has 0 radical (unpaired) electrons. The maximum absolute atomic E-state index is 12.2. The third kappa shape index (κ3) is 4.18. The van der Waals surface area contributed by atoms with Crippen molar-refractivity contribution in [2.24, 2.45) is 0 Å². The van der Waals surface area contributed by atoms with Crippen molar-refractivity contribution in [3.63, 3.8) is 0 Å². The van der Waals surface area contributed by atoms with Crippen molar-refractivity contribution < 1.29 is 22.7 Å². The van der Waals surface area contributed by atoms with Crippen LogP contribution < -0.4 is 15.8 Å². The van der Waals surface area contributed by atoms with Crippen LogP contribution in [0.2, 0.25) is 0 Å². The van der Waals surface area contributed by atoms with Crippen LogP contribution in [0.15, 0.2) is 42.5 Å². The Morgan fingerprint density at radius 2 is 1.88 bits per heavy atom. The van der Waals surface area contributed by atoms with E-state index in [0.29, 0.717) is 11.4 Å². The maximum atomic E-state index is 12.2. The number of hydrogen-bond acceptors (Lipinski definition) is 3. The molecule has 1 amide bonds. The van der Waals surface area contributed by atoms with Gasteiger partial charge in [-0.1, -0.05) is 30.3 Å². The smallest absolute Gasteiger partial charge is 0.471 e. The number of nitrogens with one attached hydrogen (secondary N) is 1. The second kappa shape index (κ2) is 7.25. The highest BCUT2D eigenvalue weighted by molar-refractivity contribution is 5.81. The van der Waals surface area contributed by atoms with Gasteiger partial charge in [0, 0.05) is 6.54 Å². The molecule has 0 saturated heterocycles. The van der Waals surface area contributed by atoms with Crippen molar-refractivity contribution in [3.8, 4) is 16.9 Å². The van der Waals surface area contributed by atoms with E-state index in [0.717, 1.165) is 16.7 Å². The van der Waals surface area contributed by atoms with Gasteiger partial charge in [-0.2, -0.15) is 13.2 Å². The van der Waals surface area contributed by atoms with Gasteiger partial charge in [-0.05, 0) is 35.2 Å². The van der Waals surface area contributed by atoms with Crippen LogP contribution in [-0.2, 0) is 11.2 Å². The van der Waals surface area contributed by atoms with Crippen molar-refractivity contribution in [2.45, 2.75) is 12.6 Å². The van der Waals surface area contributed by atoms with E-state index in [2.05, 4.69) is 0 Å². The zero-order chi connectivity index (χ0) is 17.7. The number of carbonyl (C=O) groups is 1. The Labute approximate surface area is 137 Å². The van der Waals surface area contributed by atoms with Crippen LogP contribution in [0.1, 0.15) is 5.56 Å². The summed E-state index contributed by atoms with van der Waals surface area (Å²) in [5.74, 6) is -1.47. The number of amides is 1.